The van der Waals surface area contributed by atoms with Crippen LogP contribution in [0.15, 0.2) is 84.9 Å². The summed E-state index contributed by atoms with van der Waals surface area (Å²) >= 11 is 0. The normalized spacial score (nSPS) is 22.7. The van der Waals surface area contributed by atoms with Crippen LogP contribution in [-0.2, 0) is 24.3 Å². The molecule has 0 aliphatic carbocycles. The fraction of sp³-hybridized carbons (Fsp3) is 0.341. The summed E-state index contributed by atoms with van der Waals surface area (Å²) in [5, 5.41) is 3.89. The molecule has 8 heteroatoms. The number of carbonyl (C=O) groups excluding carboxylic acids is 1. The standard InChI is InChI=1S/C41H42B2O6/c1-37(2)38(3,4)47-42(37)28-16-18-30-25(22-28)14-20-33-35(30)46-36-31-19-17-29(43-48-39(5,6)40(7,8)49-43)23-26(31)15-21-34(36)41(33,45-9)32-13-11-10-12-27(32)24-44/h10-24H,1-9H3. The van der Waals surface area contributed by atoms with Crippen molar-refractivity contribution >= 4 is 52.8 Å². The molecule has 0 spiro atoms. The molecular formula is C41H42B2O6. The molecule has 0 aromatic heterocycles. The van der Waals surface area contributed by atoms with Gasteiger partial charge >= 0.3 is 14.0 Å². The van der Waals surface area contributed by atoms with Gasteiger partial charge in [-0.25, -0.2) is 0 Å². The zero-order valence-corrected chi connectivity index (χ0v) is 29.8. The first-order chi connectivity index (χ1) is 23.1. The maximum absolute atomic E-state index is 12.5. The third kappa shape index (κ3) is 4.40. The Bertz CT molecular complexity index is 2170. The first kappa shape index (κ1) is 32.3. The Hall–Kier alpha value is -3.94. The third-order valence-corrected chi connectivity index (χ3v) is 12.2. The van der Waals surface area contributed by atoms with Gasteiger partial charge in [0.05, 0.1) is 11.2 Å². The highest BCUT2D eigenvalue weighted by Gasteiger charge is 2.59. The largest absolute Gasteiger partial charge is 0.494 e. The second-order valence-electron chi connectivity index (χ2n) is 15.9. The summed E-state index contributed by atoms with van der Waals surface area (Å²) in [5.41, 5.74) is 2.84. The van der Waals surface area contributed by atoms with Crippen molar-refractivity contribution in [3.8, 4) is 11.5 Å². The average Bonchev–Trinajstić information content (AvgIpc) is 3.31. The Morgan fingerprint density at radius 2 is 1.16 bits per heavy atom. The predicted octanol–water partition coefficient (Wildman–Crippen LogP) is 7.94. The fourth-order valence-corrected chi connectivity index (χ4v) is 7.83. The zero-order valence-electron chi connectivity index (χ0n) is 29.8. The number of rotatable bonds is 5. The number of benzene rings is 5. The van der Waals surface area contributed by atoms with E-state index in [0.717, 1.165) is 55.4 Å². The molecule has 6 nitrogen and oxygen atoms in total. The van der Waals surface area contributed by atoms with Crippen LogP contribution in [0.1, 0.15) is 82.4 Å². The average molecular weight is 652 g/mol. The van der Waals surface area contributed by atoms with Crippen molar-refractivity contribution in [2.45, 2.75) is 83.1 Å². The molecule has 3 heterocycles. The van der Waals surface area contributed by atoms with Crippen LogP contribution in [0.25, 0.3) is 21.5 Å². The van der Waals surface area contributed by atoms with E-state index in [1.165, 1.54) is 0 Å². The van der Waals surface area contributed by atoms with E-state index in [1.807, 2.05) is 24.3 Å². The molecule has 248 valence electrons. The third-order valence-electron chi connectivity index (χ3n) is 12.2. The lowest BCUT2D eigenvalue weighted by Crippen LogP contribution is -2.66. The van der Waals surface area contributed by atoms with Gasteiger partial charge in [-0.1, -0.05) is 98.8 Å². The Balaban J connectivity index is 1.33. The van der Waals surface area contributed by atoms with Crippen molar-refractivity contribution in [2.24, 2.45) is 0 Å². The molecule has 0 bridgehead atoms. The predicted molar refractivity (Wildman–Crippen MR) is 197 cm³/mol. The molecule has 0 saturated carbocycles. The molecule has 1 unspecified atom stereocenters. The van der Waals surface area contributed by atoms with Crippen LogP contribution >= 0.6 is 0 Å². The quantitative estimate of drug-likeness (QED) is 0.142. The molecule has 1 atom stereocenters. The van der Waals surface area contributed by atoms with Gasteiger partial charge in [0.1, 0.15) is 17.8 Å². The van der Waals surface area contributed by atoms with Gasteiger partial charge in [0, 0.05) is 51.1 Å². The number of ether oxygens (including phenoxy) is 2. The van der Waals surface area contributed by atoms with Crippen LogP contribution < -0.4 is 15.7 Å². The lowest BCUT2D eigenvalue weighted by atomic mass is 9.33. The number of hydrogen-bond donors (Lipinski definition) is 0. The molecule has 3 aliphatic rings. The van der Waals surface area contributed by atoms with E-state index in [4.69, 9.17) is 23.4 Å². The summed E-state index contributed by atoms with van der Waals surface area (Å²) < 4.78 is 32.8. The minimum absolute atomic E-state index is 0.00998. The molecule has 5 aromatic rings. The van der Waals surface area contributed by atoms with Crippen molar-refractivity contribution in [1.29, 1.82) is 0 Å². The van der Waals surface area contributed by atoms with Crippen molar-refractivity contribution < 1.29 is 28.2 Å². The van der Waals surface area contributed by atoms with Crippen LogP contribution in [0.2, 0.25) is 5.31 Å². The van der Waals surface area contributed by atoms with Crippen molar-refractivity contribution in [1.82, 2.24) is 0 Å². The molecule has 8 rings (SSSR count). The molecule has 0 N–H and O–H groups in total. The summed E-state index contributed by atoms with van der Waals surface area (Å²) in [4.78, 5) is 12.5. The second kappa shape index (κ2) is 10.5. The lowest BCUT2D eigenvalue weighted by molar-refractivity contribution is -0.00939. The zero-order chi connectivity index (χ0) is 34.7. The molecule has 0 radical (unpaired) electrons. The molecular weight excluding hydrogens is 610 g/mol. The highest BCUT2D eigenvalue weighted by molar-refractivity contribution is 6.73. The maximum atomic E-state index is 12.5. The van der Waals surface area contributed by atoms with Crippen LogP contribution in [0.4, 0.5) is 0 Å². The minimum atomic E-state index is -1.12. The van der Waals surface area contributed by atoms with Crippen molar-refractivity contribution in [3.05, 3.63) is 107 Å². The number of fused-ring (bicyclic) bond motifs is 6. The van der Waals surface area contributed by atoms with E-state index in [-0.39, 0.29) is 17.8 Å². The highest BCUT2D eigenvalue weighted by atomic mass is 16.7. The van der Waals surface area contributed by atoms with Gasteiger partial charge in [0.25, 0.3) is 0 Å². The van der Waals surface area contributed by atoms with E-state index >= 15 is 0 Å². The summed E-state index contributed by atoms with van der Waals surface area (Å²) in [6.45, 7) is 17.1. The van der Waals surface area contributed by atoms with E-state index in [0.29, 0.717) is 17.1 Å². The number of carbonyl (C=O) groups is 1. The maximum Gasteiger partial charge on any atom is 0.494 e. The number of aldehydes is 1. The first-order valence-corrected chi connectivity index (χ1v) is 17.1. The fourth-order valence-electron chi connectivity index (χ4n) is 7.83. The van der Waals surface area contributed by atoms with Gasteiger partial charge in [-0.3, -0.25) is 4.79 Å². The Morgan fingerprint density at radius 3 is 1.69 bits per heavy atom. The number of methoxy groups -OCH3 is 1. The Kier molecular flexibility index (Phi) is 6.94. The highest BCUT2D eigenvalue weighted by Crippen LogP contribution is 2.57. The molecule has 2 saturated heterocycles. The smallest absolute Gasteiger partial charge is 0.455 e. The van der Waals surface area contributed by atoms with Crippen LogP contribution in [0.5, 0.6) is 11.5 Å². The summed E-state index contributed by atoms with van der Waals surface area (Å²) in [6.07, 6.45) is 0.901. The van der Waals surface area contributed by atoms with Crippen LogP contribution in [-0.4, -0.2) is 44.2 Å². The van der Waals surface area contributed by atoms with E-state index in [2.05, 4.69) is 116 Å². The molecule has 0 amide bonds. The van der Waals surface area contributed by atoms with Crippen LogP contribution in [0.3, 0.4) is 0 Å². The summed E-state index contributed by atoms with van der Waals surface area (Å²) in [6, 6.07) is 28.7. The van der Waals surface area contributed by atoms with Crippen molar-refractivity contribution in [3.63, 3.8) is 0 Å². The monoisotopic (exact) mass is 652 g/mol. The van der Waals surface area contributed by atoms with E-state index in [9.17, 15) is 4.79 Å². The second-order valence-corrected chi connectivity index (χ2v) is 15.9. The Labute approximate surface area is 289 Å². The van der Waals surface area contributed by atoms with E-state index < -0.39 is 23.9 Å². The van der Waals surface area contributed by atoms with Gasteiger partial charge in [-0.2, -0.15) is 0 Å². The van der Waals surface area contributed by atoms with Crippen molar-refractivity contribution in [2.75, 3.05) is 7.11 Å². The van der Waals surface area contributed by atoms with Gasteiger partial charge in [0.15, 0.2) is 5.60 Å². The molecule has 3 aliphatic heterocycles. The lowest BCUT2D eigenvalue weighted by Gasteiger charge is -2.57. The molecule has 49 heavy (non-hydrogen) atoms. The Morgan fingerprint density at radius 1 is 0.612 bits per heavy atom. The first-order valence-electron chi connectivity index (χ1n) is 17.1. The van der Waals surface area contributed by atoms with Gasteiger partial charge in [-0.05, 0) is 63.2 Å². The topological polar surface area (TPSA) is 63.2 Å². The number of hydrogen-bond acceptors (Lipinski definition) is 6. The van der Waals surface area contributed by atoms with Gasteiger partial charge in [-0.15, -0.1) is 0 Å². The minimum Gasteiger partial charge on any atom is -0.455 e. The summed E-state index contributed by atoms with van der Waals surface area (Å²) in [7, 11) is 1.22. The van der Waals surface area contributed by atoms with Gasteiger partial charge < -0.3 is 23.4 Å². The SMILES string of the molecule is COC1(c2ccccc2C=O)c2ccc3cc(B4OC(C)(C)C(C)(C)O4)ccc3c2Oc2c1ccc1cc(B3OC(C)(C)C3(C)C)ccc21. The van der Waals surface area contributed by atoms with Gasteiger partial charge in [0.2, 0.25) is 0 Å². The van der Waals surface area contributed by atoms with E-state index in [1.54, 1.807) is 7.11 Å². The summed E-state index contributed by atoms with van der Waals surface area (Å²) in [5.74, 6) is 1.39. The molecule has 5 aromatic carbocycles. The molecule has 2 fully saturated rings. The van der Waals surface area contributed by atoms with Crippen LogP contribution in [0, 0.1) is 0 Å².